The molecule has 0 saturated heterocycles. The number of carboxylic acid groups (broad SMARTS) is 1. The van der Waals surface area contributed by atoms with Crippen molar-refractivity contribution in [2.45, 2.75) is 25.7 Å². The number of unbranched alkanes of at least 4 members (excludes halogenated alkanes) is 1. The number of benzene rings is 2. The molecule has 0 bridgehead atoms. The van der Waals surface area contributed by atoms with Crippen LogP contribution in [0.4, 0.5) is 0 Å². The molecule has 1 unspecified atom stereocenters. The molecule has 0 heterocycles. The molecule has 2 aromatic carbocycles. The molecule has 3 N–H and O–H groups in total. The summed E-state index contributed by atoms with van der Waals surface area (Å²) in [5.74, 6) is -0.407. The fourth-order valence-electron chi connectivity index (χ4n) is 2.56. The molecule has 0 aliphatic carbocycles. The molecule has 0 aliphatic rings. The minimum absolute atomic E-state index is 0.194. The molecule has 2 rings (SSSR count). The van der Waals surface area contributed by atoms with Gasteiger partial charge in [0.15, 0.2) is 0 Å². The van der Waals surface area contributed by atoms with Crippen LogP contribution in [-0.2, 0) is 11.2 Å². The highest BCUT2D eigenvalue weighted by Crippen LogP contribution is 2.16. The number of hydrogen-bond acceptors (Lipinski definition) is 3. The second-order valence-corrected chi connectivity index (χ2v) is 5.92. The third-order valence-electron chi connectivity index (χ3n) is 4.02. The first-order valence-corrected chi connectivity index (χ1v) is 8.37. The number of aliphatic carboxylic acids is 1. The fourth-order valence-corrected chi connectivity index (χ4v) is 2.56. The van der Waals surface area contributed by atoms with Crippen molar-refractivity contribution in [3.8, 4) is 5.75 Å². The highest BCUT2D eigenvalue weighted by atomic mass is 16.5. The van der Waals surface area contributed by atoms with Crippen molar-refractivity contribution in [1.29, 1.82) is 0 Å². The molecular weight excluding hydrogens is 302 g/mol. The van der Waals surface area contributed by atoms with Crippen LogP contribution in [-0.4, -0.2) is 24.2 Å². The fraction of sp³-hybridized carbons (Fsp3) is 0.350. The van der Waals surface area contributed by atoms with E-state index in [2.05, 4.69) is 24.3 Å². The summed E-state index contributed by atoms with van der Waals surface area (Å²) in [5.41, 5.74) is 7.98. The van der Waals surface area contributed by atoms with Gasteiger partial charge in [0.1, 0.15) is 5.75 Å². The minimum atomic E-state index is -0.813. The lowest BCUT2D eigenvalue weighted by molar-refractivity contribution is -0.141. The molecule has 0 radical (unpaired) electrons. The summed E-state index contributed by atoms with van der Waals surface area (Å²) in [7, 11) is 0. The van der Waals surface area contributed by atoms with Crippen LogP contribution in [0.5, 0.6) is 5.75 Å². The first-order valence-electron chi connectivity index (χ1n) is 8.37. The Morgan fingerprint density at radius 1 is 1.00 bits per heavy atom. The number of carbonyl (C=O) groups is 1. The molecule has 0 amide bonds. The highest BCUT2D eigenvalue weighted by Gasteiger charge is 2.14. The zero-order chi connectivity index (χ0) is 17.2. The topological polar surface area (TPSA) is 72.5 Å². The van der Waals surface area contributed by atoms with Crippen molar-refractivity contribution in [2.24, 2.45) is 11.7 Å². The number of carboxylic acids is 1. The van der Waals surface area contributed by atoms with Gasteiger partial charge < -0.3 is 15.6 Å². The van der Waals surface area contributed by atoms with E-state index in [-0.39, 0.29) is 6.54 Å². The molecule has 0 aromatic heterocycles. The average Bonchev–Trinajstić information content (AvgIpc) is 2.60. The van der Waals surface area contributed by atoms with Gasteiger partial charge >= 0.3 is 5.97 Å². The van der Waals surface area contributed by atoms with Crippen LogP contribution in [0.15, 0.2) is 54.6 Å². The summed E-state index contributed by atoms with van der Waals surface area (Å²) in [6.45, 7) is 0.786. The van der Waals surface area contributed by atoms with Crippen molar-refractivity contribution in [1.82, 2.24) is 0 Å². The predicted molar refractivity (Wildman–Crippen MR) is 95.2 cm³/mol. The molecule has 0 spiro atoms. The van der Waals surface area contributed by atoms with Gasteiger partial charge in [0.05, 0.1) is 12.5 Å². The van der Waals surface area contributed by atoms with Crippen LogP contribution >= 0.6 is 0 Å². The van der Waals surface area contributed by atoms with Crippen LogP contribution in [0, 0.1) is 5.92 Å². The second kappa shape index (κ2) is 9.73. The van der Waals surface area contributed by atoms with Crippen LogP contribution in [0.25, 0.3) is 0 Å². The van der Waals surface area contributed by atoms with E-state index in [0.717, 1.165) is 25.0 Å². The Kier molecular flexibility index (Phi) is 7.30. The van der Waals surface area contributed by atoms with Crippen LogP contribution < -0.4 is 10.5 Å². The maximum atomic E-state index is 10.9. The smallest absolute Gasteiger partial charge is 0.307 e. The third-order valence-corrected chi connectivity index (χ3v) is 4.02. The summed E-state index contributed by atoms with van der Waals surface area (Å²) in [4.78, 5) is 10.9. The number of nitrogens with two attached hydrogens (primary N) is 1. The lowest BCUT2D eigenvalue weighted by Gasteiger charge is -2.10. The standard InChI is InChI=1S/C20H25NO3/c21-15-18(20(22)23)8-4-5-13-24-19-11-9-17(10-12-19)14-16-6-2-1-3-7-16/h1-3,6-7,9-12,18H,4-5,8,13-15,21H2,(H,22,23). The molecular formula is C20H25NO3. The van der Waals surface area contributed by atoms with Crippen molar-refractivity contribution in [2.75, 3.05) is 13.2 Å². The van der Waals surface area contributed by atoms with Gasteiger partial charge in [0.25, 0.3) is 0 Å². The quantitative estimate of drug-likeness (QED) is 0.655. The summed E-state index contributed by atoms with van der Waals surface area (Å²) in [6, 6.07) is 18.5. The molecule has 24 heavy (non-hydrogen) atoms. The maximum absolute atomic E-state index is 10.9. The molecule has 0 saturated carbocycles. The highest BCUT2D eigenvalue weighted by molar-refractivity contribution is 5.70. The van der Waals surface area contributed by atoms with Crippen molar-refractivity contribution in [3.63, 3.8) is 0 Å². The first kappa shape index (κ1) is 18.0. The molecule has 0 aliphatic heterocycles. The van der Waals surface area contributed by atoms with Crippen molar-refractivity contribution < 1.29 is 14.6 Å². The molecule has 4 heteroatoms. The van der Waals surface area contributed by atoms with Gasteiger partial charge in [0, 0.05) is 6.54 Å². The van der Waals surface area contributed by atoms with E-state index in [1.807, 2.05) is 30.3 Å². The second-order valence-electron chi connectivity index (χ2n) is 5.92. The summed E-state index contributed by atoms with van der Waals surface area (Å²) in [5, 5.41) is 8.93. The van der Waals surface area contributed by atoms with Gasteiger partial charge in [-0.2, -0.15) is 0 Å². The van der Waals surface area contributed by atoms with Gasteiger partial charge in [-0.1, -0.05) is 42.5 Å². The predicted octanol–water partition coefficient (Wildman–Crippen LogP) is 3.49. The van der Waals surface area contributed by atoms with Crippen LogP contribution in [0.3, 0.4) is 0 Å². The zero-order valence-corrected chi connectivity index (χ0v) is 13.9. The zero-order valence-electron chi connectivity index (χ0n) is 13.9. The van der Waals surface area contributed by atoms with E-state index in [1.165, 1.54) is 11.1 Å². The number of rotatable bonds is 10. The third kappa shape index (κ3) is 6.05. The van der Waals surface area contributed by atoms with Gasteiger partial charge in [-0.15, -0.1) is 0 Å². The molecule has 128 valence electrons. The van der Waals surface area contributed by atoms with Crippen molar-refractivity contribution in [3.05, 3.63) is 65.7 Å². The summed E-state index contributed by atoms with van der Waals surface area (Å²) < 4.78 is 5.71. The molecule has 1 atom stereocenters. The molecule has 2 aromatic rings. The van der Waals surface area contributed by atoms with Gasteiger partial charge in [-0.25, -0.2) is 0 Å². The van der Waals surface area contributed by atoms with E-state index in [4.69, 9.17) is 15.6 Å². The van der Waals surface area contributed by atoms with Crippen LogP contribution in [0.2, 0.25) is 0 Å². The largest absolute Gasteiger partial charge is 0.494 e. The minimum Gasteiger partial charge on any atom is -0.494 e. The summed E-state index contributed by atoms with van der Waals surface area (Å²) >= 11 is 0. The molecule has 4 nitrogen and oxygen atoms in total. The normalized spacial score (nSPS) is 11.9. The Hall–Kier alpha value is -2.33. The Morgan fingerprint density at radius 2 is 1.67 bits per heavy atom. The lowest BCUT2D eigenvalue weighted by atomic mass is 10.0. The van der Waals surface area contributed by atoms with Crippen molar-refractivity contribution >= 4 is 5.97 Å². The number of ether oxygens (including phenoxy) is 1. The van der Waals surface area contributed by atoms with Gasteiger partial charge in [0.2, 0.25) is 0 Å². The Balaban J connectivity index is 1.69. The monoisotopic (exact) mass is 327 g/mol. The van der Waals surface area contributed by atoms with E-state index in [9.17, 15) is 4.79 Å². The Labute approximate surface area is 143 Å². The SMILES string of the molecule is NCC(CCCCOc1ccc(Cc2ccccc2)cc1)C(=O)O. The van der Waals surface area contributed by atoms with E-state index >= 15 is 0 Å². The average molecular weight is 327 g/mol. The number of hydrogen-bond donors (Lipinski definition) is 2. The Bertz CT molecular complexity index is 611. The van der Waals surface area contributed by atoms with Gasteiger partial charge in [-0.05, 0) is 48.9 Å². The van der Waals surface area contributed by atoms with E-state index < -0.39 is 11.9 Å². The summed E-state index contributed by atoms with van der Waals surface area (Å²) in [6.07, 6.45) is 3.15. The Morgan fingerprint density at radius 3 is 2.29 bits per heavy atom. The van der Waals surface area contributed by atoms with Gasteiger partial charge in [-0.3, -0.25) is 4.79 Å². The molecule has 0 fully saturated rings. The van der Waals surface area contributed by atoms with Crippen LogP contribution in [0.1, 0.15) is 30.4 Å². The van der Waals surface area contributed by atoms with E-state index in [1.54, 1.807) is 0 Å². The first-order chi connectivity index (χ1) is 11.7. The maximum Gasteiger partial charge on any atom is 0.307 e. The van der Waals surface area contributed by atoms with E-state index in [0.29, 0.717) is 13.0 Å². The lowest BCUT2D eigenvalue weighted by Crippen LogP contribution is -2.23.